The molecule has 2 heterocycles. The van der Waals surface area contributed by atoms with E-state index in [-0.39, 0.29) is 11.6 Å². The number of nitrogens with zero attached hydrogens (tertiary/aromatic N) is 1. The first-order valence-electron chi connectivity index (χ1n) is 10.9. The summed E-state index contributed by atoms with van der Waals surface area (Å²) in [6.45, 7) is 3.50. The van der Waals surface area contributed by atoms with Crippen LogP contribution in [-0.2, 0) is 4.79 Å². The monoisotopic (exact) mass is 424 g/mol. The van der Waals surface area contributed by atoms with Crippen LogP contribution in [0.4, 0.5) is 10.1 Å². The average molecular weight is 425 g/mol. The molecule has 1 unspecified atom stereocenters. The highest BCUT2D eigenvalue weighted by atomic mass is 19.1. The Morgan fingerprint density at radius 1 is 1.29 bits per heavy atom. The van der Waals surface area contributed by atoms with Crippen molar-refractivity contribution in [3.05, 3.63) is 59.4 Å². The number of carbonyl (C=O) groups is 1. The van der Waals surface area contributed by atoms with Crippen molar-refractivity contribution in [3.8, 4) is 11.5 Å². The van der Waals surface area contributed by atoms with Crippen molar-refractivity contribution in [2.75, 3.05) is 38.7 Å². The molecule has 0 aliphatic carbocycles. The number of hydrogen-bond donors (Lipinski definition) is 1. The molecule has 0 aromatic heterocycles. The number of anilines is 1. The lowest BCUT2D eigenvalue weighted by Crippen LogP contribution is -2.37. The molecule has 1 amide bonds. The standard InChI is InChI=1S/C25H29FN2O3/c1-30-21-9-10-24-20(14-21)13-19(17-31-24)16-28-12-4-5-18(15-28)8-11-25(29)27-23-7-3-2-6-22(23)26/h2-3,6-7,9-10,13-14,18H,4-5,8,11-12,15-17H2,1H3,(H,27,29). The van der Waals surface area contributed by atoms with E-state index in [2.05, 4.69) is 16.3 Å². The predicted octanol–water partition coefficient (Wildman–Crippen LogP) is 4.74. The molecule has 164 valence electrons. The molecular formula is C25H29FN2O3. The molecule has 0 bridgehead atoms. The maximum absolute atomic E-state index is 13.7. The van der Waals surface area contributed by atoms with E-state index in [4.69, 9.17) is 9.47 Å². The highest BCUT2D eigenvalue weighted by molar-refractivity contribution is 5.90. The summed E-state index contributed by atoms with van der Waals surface area (Å²) in [5.74, 6) is 1.66. The molecule has 2 aliphatic heterocycles. The van der Waals surface area contributed by atoms with Gasteiger partial charge in [-0.2, -0.15) is 0 Å². The third kappa shape index (κ3) is 5.64. The van der Waals surface area contributed by atoms with Crippen molar-refractivity contribution < 1.29 is 18.7 Å². The second kappa shape index (κ2) is 9.96. The molecule has 0 saturated carbocycles. The fourth-order valence-electron chi connectivity index (χ4n) is 4.35. The van der Waals surface area contributed by atoms with E-state index in [1.165, 1.54) is 11.6 Å². The van der Waals surface area contributed by atoms with Crippen molar-refractivity contribution in [1.29, 1.82) is 0 Å². The van der Waals surface area contributed by atoms with Crippen LogP contribution in [0.5, 0.6) is 11.5 Å². The SMILES string of the molecule is COc1ccc2c(c1)C=C(CN1CCCC(CCC(=O)Nc3ccccc3F)C1)CO2. The summed E-state index contributed by atoms with van der Waals surface area (Å²) in [6, 6.07) is 12.1. The smallest absolute Gasteiger partial charge is 0.224 e. The van der Waals surface area contributed by atoms with E-state index < -0.39 is 5.82 Å². The topological polar surface area (TPSA) is 50.8 Å². The van der Waals surface area contributed by atoms with Crippen LogP contribution in [0.25, 0.3) is 6.08 Å². The molecule has 2 aromatic rings. The van der Waals surface area contributed by atoms with Gasteiger partial charge in [-0.15, -0.1) is 0 Å². The molecule has 1 N–H and O–H groups in total. The summed E-state index contributed by atoms with van der Waals surface area (Å²) in [7, 11) is 1.67. The zero-order valence-electron chi connectivity index (χ0n) is 17.9. The number of nitrogens with one attached hydrogen (secondary N) is 1. The lowest BCUT2D eigenvalue weighted by atomic mass is 9.92. The number of benzene rings is 2. The number of carbonyl (C=O) groups excluding carboxylic acids is 1. The normalized spacial score (nSPS) is 18.5. The van der Waals surface area contributed by atoms with E-state index >= 15 is 0 Å². The highest BCUT2D eigenvalue weighted by Gasteiger charge is 2.23. The number of ether oxygens (including phenoxy) is 2. The van der Waals surface area contributed by atoms with Gasteiger partial charge in [-0.3, -0.25) is 9.69 Å². The van der Waals surface area contributed by atoms with Gasteiger partial charge in [0.05, 0.1) is 12.8 Å². The minimum absolute atomic E-state index is 0.129. The number of methoxy groups -OCH3 is 1. The fourth-order valence-corrected chi connectivity index (χ4v) is 4.35. The van der Waals surface area contributed by atoms with Crippen LogP contribution in [0, 0.1) is 11.7 Å². The first-order chi connectivity index (χ1) is 15.1. The first-order valence-corrected chi connectivity index (χ1v) is 10.9. The van der Waals surface area contributed by atoms with Gasteiger partial charge >= 0.3 is 0 Å². The number of fused-ring (bicyclic) bond motifs is 1. The van der Waals surface area contributed by atoms with Crippen molar-refractivity contribution in [2.45, 2.75) is 25.7 Å². The maximum atomic E-state index is 13.7. The zero-order chi connectivity index (χ0) is 21.6. The molecule has 5 nitrogen and oxygen atoms in total. The second-order valence-corrected chi connectivity index (χ2v) is 8.31. The van der Waals surface area contributed by atoms with Gasteiger partial charge in [-0.1, -0.05) is 12.1 Å². The minimum Gasteiger partial charge on any atom is -0.497 e. The molecule has 6 heteroatoms. The molecule has 2 aromatic carbocycles. The molecule has 0 spiro atoms. The van der Waals surface area contributed by atoms with Gasteiger partial charge < -0.3 is 14.8 Å². The van der Waals surface area contributed by atoms with Gasteiger partial charge in [0.2, 0.25) is 5.91 Å². The van der Waals surface area contributed by atoms with Crippen molar-refractivity contribution in [1.82, 2.24) is 4.90 Å². The molecular weight excluding hydrogens is 395 g/mol. The Bertz CT molecular complexity index is 960. The summed E-state index contributed by atoms with van der Waals surface area (Å²) in [6.07, 6.45) is 5.67. The van der Waals surface area contributed by atoms with Gasteiger partial charge in [-0.25, -0.2) is 4.39 Å². The predicted molar refractivity (Wildman–Crippen MR) is 120 cm³/mol. The van der Waals surface area contributed by atoms with E-state index in [0.717, 1.165) is 56.0 Å². The Morgan fingerprint density at radius 2 is 2.16 bits per heavy atom. The number of halogens is 1. The fraction of sp³-hybridized carbons (Fsp3) is 0.400. The van der Waals surface area contributed by atoms with Crippen molar-refractivity contribution >= 4 is 17.7 Å². The van der Waals surface area contributed by atoms with Crippen molar-refractivity contribution in [3.63, 3.8) is 0 Å². The second-order valence-electron chi connectivity index (χ2n) is 8.31. The van der Waals surface area contributed by atoms with Gasteiger partial charge in [0, 0.05) is 25.1 Å². The molecule has 0 radical (unpaired) electrons. The summed E-state index contributed by atoms with van der Waals surface area (Å²) in [4.78, 5) is 14.7. The summed E-state index contributed by atoms with van der Waals surface area (Å²) in [5, 5.41) is 2.68. The quantitative estimate of drug-likeness (QED) is 0.698. The lowest BCUT2D eigenvalue weighted by Gasteiger charge is -2.34. The van der Waals surface area contributed by atoms with E-state index in [0.29, 0.717) is 18.9 Å². The molecule has 1 fully saturated rings. The number of piperidine rings is 1. The molecule has 1 atom stereocenters. The first kappa shape index (κ1) is 21.4. The Hall–Kier alpha value is -2.86. The van der Waals surface area contributed by atoms with Crippen LogP contribution in [0.15, 0.2) is 48.0 Å². The number of rotatable bonds is 7. The highest BCUT2D eigenvalue weighted by Crippen LogP contribution is 2.31. The Morgan fingerprint density at radius 3 is 3.00 bits per heavy atom. The zero-order valence-corrected chi connectivity index (χ0v) is 17.9. The van der Waals surface area contributed by atoms with Crippen LogP contribution in [0.1, 0.15) is 31.2 Å². The summed E-state index contributed by atoms with van der Waals surface area (Å²) < 4.78 is 24.9. The molecule has 31 heavy (non-hydrogen) atoms. The van der Waals surface area contributed by atoms with Gasteiger partial charge in [0.25, 0.3) is 0 Å². The van der Waals surface area contributed by atoms with E-state index in [1.807, 2.05) is 18.2 Å². The van der Waals surface area contributed by atoms with Crippen LogP contribution >= 0.6 is 0 Å². The van der Waals surface area contributed by atoms with Gasteiger partial charge in [-0.05, 0) is 73.7 Å². The average Bonchev–Trinajstić information content (AvgIpc) is 2.79. The van der Waals surface area contributed by atoms with E-state index in [9.17, 15) is 9.18 Å². The maximum Gasteiger partial charge on any atom is 0.224 e. The Balaban J connectivity index is 1.28. The molecule has 1 saturated heterocycles. The van der Waals surface area contributed by atoms with Crippen LogP contribution in [0.2, 0.25) is 0 Å². The summed E-state index contributed by atoms with van der Waals surface area (Å²) >= 11 is 0. The molecule has 4 rings (SSSR count). The van der Waals surface area contributed by atoms with Crippen molar-refractivity contribution in [2.24, 2.45) is 5.92 Å². The minimum atomic E-state index is -0.401. The summed E-state index contributed by atoms with van der Waals surface area (Å²) in [5.41, 5.74) is 2.55. The largest absolute Gasteiger partial charge is 0.497 e. The van der Waals surface area contributed by atoms with E-state index in [1.54, 1.807) is 25.3 Å². The number of hydrogen-bond acceptors (Lipinski definition) is 4. The van der Waals surface area contributed by atoms with Crippen LogP contribution in [-0.4, -0.2) is 44.2 Å². The van der Waals surface area contributed by atoms with Gasteiger partial charge in [0.15, 0.2) is 0 Å². The number of para-hydroxylation sites is 1. The van der Waals surface area contributed by atoms with Gasteiger partial charge in [0.1, 0.15) is 23.9 Å². The Kier molecular flexibility index (Phi) is 6.87. The molecule has 2 aliphatic rings. The number of amides is 1. The third-order valence-corrected chi connectivity index (χ3v) is 5.95. The number of likely N-dealkylation sites (tertiary alicyclic amines) is 1. The third-order valence-electron chi connectivity index (χ3n) is 5.95. The Labute approximate surface area is 182 Å². The van der Waals surface area contributed by atoms with Crippen LogP contribution in [0.3, 0.4) is 0 Å². The van der Waals surface area contributed by atoms with Crippen LogP contribution < -0.4 is 14.8 Å². The lowest BCUT2D eigenvalue weighted by molar-refractivity contribution is -0.116.